The van der Waals surface area contributed by atoms with Crippen LogP contribution in [0.25, 0.3) is 0 Å². The zero-order valence-corrected chi connectivity index (χ0v) is 15.2. The highest BCUT2D eigenvalue weighted by Crippen LogP contribution is 2.26. The molecule has 0 heterocycles. The second-order valence-electron chi connectivity index (χ2n) is 5.44. The molecule has 0 aromatic heterocycles. The molecule has 24 heavy (non-hydrogen) atoms. The third kappa shape index (κ3) is 6.04. The number of amides is 1. The lowest BCUT2D eigenvalue weighted by Gasteiger charge is -2.17. The Bertz CT molecular complexity index is 688. The van der Waals surface area contributed by atoms with E-state index >= 15 is 0 Å². The van der Waals surface area contributed by atoms with Crippen molar-refractivity contribution in [2.75, 3.05) is 24.7 Å². The molecule has 1 N–H and O–H groups in total. The molecule has 0 fully saturated rings. The van der Waals surface area contributed by atoms with Crippen LogP contribution in [0.4, 0.5) is 5.69 Å². The number of nitrogens with zero attached hydrogens (tertiary/aromatic N) is 1. The number of likely N-dealkylation sites (N-methyl/N-ethyl adjacent to an activating group) is 1. The Morgan fingerprint density at radius 1 is 1.25 bits per heavy atom. The van der Waals surface area contributed by atoms with E-state index in [-0.39, 0.29) is 5.91 Å². The van der Waals surface area contributed by atoms with Gasteiger partial charge < -0.3 is 5.32 Å². The van der Waals surface area contributed by atoms with Gasteiger partial charge in [-0.25, -0.2) is 0 Å². The lowest BCUT2D eigenvalue weighted by Crippen LogP contribution is -2.30. The summed E-state index contributed by atoms with van der Waals surface area (Å²) in [5, 5.41) is 3.70. The Kier molecular flexibility index (Phi) is 7.37. The summed E-state index contributed by atoms with van der Waals surface area (Å²) in [4.78, 5) is 15.3. The number of carbonyl (C=O) groups is 1. The molecule has 2 aromatic rings. The van der Waals surface area contributed by atoms with Crippen molar-refractivity contribution in [3.8, 4) is 0 Å². The Morgan fingerprint density at radius 2 is 1.96 bits per heavy atom. The Balaban J connectivity index is 1.90. The summed E-state index contributed by atoms with van der Waals surface area (Å²) in [6.45, 7) is 4.74. The van der Waals surface area contributed by atoms with Gasteiger partial charge >= 0.3 is 0 Å². The molecule has 2 rings (SSSR count). The van der Waals surface area contributed by atoms with Crippen molar-refractivity contribution in [3.63, 3.8) is 0 Å². The molecule has 0 spiro atoms. The molecule has 0 bridgehead atoms. The van der Waals surface area contributed by atoms with Gasteiger partial charge in [0.15, 0.2) is 0 Å². The number of thioether (sulfide) groups is 1. The van der Waals surface area contributed by atoms with Gasteiger partial charge in [0.2, 0.25) is 5.91 Å². The highest BCUT2D eigenvalue weighted by Gasteiger charge is 2.10. The fourth-order valence-electron chi connectivity index (χ4n) is 2.24. The summed E-state index contributed by atoms with van der Waals surface area (Å²) < 4.78 is 0. The Morgan fingerprint density at radius 3 is 2.67 bits per heavy atom. The Hall–Kier alpha value is -1.75. The van der Waals surface area contributed by atoms with Gasteiger partial charge in [-0.3, -0.25) is 9.69 Å². The average Bonchev–Trinajstić information content (AvgIpc) is 2.56. The van der Waals surface area contributed by atoms with E-state index in [1.54, 1.807) is 11.8 Å². The minimum Gasteiger partial charge on any atom is -0.324 e. The summed E-state index contributed by atoms with van der Waals surface area (Å²) >= 11 is 7.54. The summed E-state index contributed by atoms with van der Waals surface area (Å²) in [7, 11) is 1.92. The van der Waals surface area contributed by atoms with E-state index in [1.807, 2.05) is 66.6 Å². The number of carbonyl (C=O) groups excluding carboxylic acids is 1. The van der Waals surface area contributed by atoms with E-state index in [0.717, 1.165) is 21.9 Å². The monoisotopic (exact) mass is 360 g/mol. The summed E-state index contributed by atoms with van der Waals surface area (Å²) in [5.41, 5.74) is 1.96. The molecular formula is C19H21ClN2OS. The molecule has 2 aromatic carbocycles. The van der Waals surface area contributed by atoms with Crippen molar-refractivity contribution in [2.45, 2.75) is 11.4 Å². The van der Waals surface area contributed by atoms with Crippen molar-refractivity contribution in [3.05, 3.63) is 71.8 Å². The molecule has 0 aliphatic rings. The minimum atomic E-state index is -0.0295. The second kappa shape index (κ2) is 9.52. The number of halogens is 1. The van der Waals surface area contributed by atoms with Crippen LogP contribution in [0.2, 0.25) is 5.02 Å². The first kappa shape index (κ1) is 18.6. The van der Waals surface area contributed by atoms with Gasteiger partial charge in [-0.1, -0.05) is 41.9 Å². The molecule has 0 radical (unpaired) electrons. The predicted molar refractivity (Wildman–Crippen MR) is 104 cm³/mol. The van der Waals surface area contributed by atoms with Crippen LogP contribution in [0, 0.1) is 0 Å². The number of hydrogen-bond donors (Lipinski definition) is 1. The fourth-order valence-corrected chi connectivity index (χ4v) is 3.11. The van der Waals surface area contributed by atoms with E-state index in [2.05, 4.69) is 11.9 Å². The van der Waals surface area contributed by atoms with Crippen LogP contribution in [0.5, 0.6) is 0 Å². The van der Waals surface area contributed by atoms with Gasteiger partial charge in [-0.15, -0.1) is 18.3 Å². The standard InChI is InChI=1S/C19H21ClN2OS/c1-3-12-24-18-7-5-4-6-17(18)21-19(23)14-22(2)13-15-8-10-16(20)11-9-15/h3-11H,1,12-14H2,2H3,(H,21,23). The van der Waals surface area contributed by atoms with E-state index in [9.17, 15) is 4.79 Å². The molecule has 3 nitrogen and oxygen atoms in total. The van der Waals surface area contributed by atoms with Crippen LogP contribution in [0.3, 0.4) is 0 Å². The quantitative estimate of drug-likeness (QED) is 0.547. The number of para-hydroxylation sites is 1. The third-order valence-corrected chi connectivity index (χ3v) is 4.62. The van der Waals surface area contributed by atoms with Crippen molar-refractivity contribution in [2.24, 2.45) is 0 Å². The molecule has 1 amide bonds. The number of rotatable bonds is 8. The van der Waals surface area contributed by atoms with Crippen LogP contribution in [-0.4, -0.2) is 30.2 Å². The maximum Gasteiger partial charge on any atom is 0.238 e. The number of hydrogen-bond acceptors (Lipinski definition) is 3. The zero-order chi connectivity index (χ0) is 17.4. The first-order chi connectivity index (χ1) is 11.6. The molecule has 126 valence electrons. The zero-order valence-electron chi connectivity index (χ0n) is 13.7. The Labute approximate surface area is 152 Å². The highest BCUT2D eigenvalue weighted by atomic mass is 35.5. The smallest absolute Gasteiger partial charge is 0.238 e. The molecule has 0 aliphatic heterocycles. The van der Waals surface area contributed by atoms with Crippen LogP contribution in [0.1, 0.15) is 5.56 Å². The molecule has 0 saturated carbocycles. The summed E-state index contributed by atoms with van der Waals surface area (Å²) in [6, 6.07) is 15.5. The maximum absolute atomic E-state index is 12.3. The van der Waals surface area contributed by atoms with Crippen LogP contribution in [-0.2, 0) is 11.3 Å². The topological polar surface area (TPSA) is 32.3 Å². The second-order valence-corrected chi connectivity index (χ2v) is 6.94. The van der Waals surface area contributed by atoms with Gasteiger partial charge in [-0.2, -0.15) is 0 Å². The lowest BCUT2D eigenvalue weighted by atomic mass is 10.2. The summed E-state index contributed by atoms with van der Waals surface area (Å²) in [5.74, 6) is 0.779. The van der Waals surface area contributed by atoms with Gasteiger partial charge in [0.1, 0.15) is 0 Å². The normalized spacial score (nSPS) is 10.6. The molecule has 0 unspecified atom stereocenters. The van der Waals surface area contributed by atoms with Crippen molar-refractivity contribution in [1.29, 1.82) is 0 Å². The van der Waals surface area contributed by atoms with Crippen molar-refractivity contribution in [1.82, 2.24) is 4.90 Å². The van der Waals surface area contributed by atoms with Gasteiger partial charge in [0.25, 0.3) is 0 Å². The van der Waals surface area contributed by atoms with Crippen LogP contribution >= 0.6 is 23.4 Å². The van der Waals surface area contributed by atoms with E-state index < -0.39 is 0 Å². The number of anilines is 1. The fraction of sp³-hybridized carbons (Fsp3) is 0.211. The van der Waals surface area contributed by atoms with Crippen LogP contribution < -0.4 is 5.32 Å². The average molecular weight is 361 g/mol. The SMILES string of the molecule is C=CCSc1ccccc1NC(=O)CN(C)Cc1ccc(Cl)cc1. The number of nitrogens with one attached hydrogen (secondary N) is 1. The largest absolute Gasteiger partial charge is 0.324 e. The van der Waals surface area contributed by atoms with Crippen LogP contribution in [0.15, 0.2) is 66.1 Å². The first-order valence-corrected chi connectivity index (χ1v) is 9.00. The summed E-state index contributed by atoms with van der Waals surface area (Å²) in [6.07, 6.45) is 1.85. The third-order valence-electron chi connectivity index (χ3n) is 3.30. The molecule has 0 aliphatic carbocycles. The van der Waals surface area contributed by atoms with Crippen molar-refractivity contribution < 1.29 is 4.79 Å². The first-order valence-electron chi connectivity index (χ1n) is 7.64. The minimum absolute atomic E-state index is 0.0295. The predicted octanol–water partition coefficient (Wildman–Crippen LogP) is 4.69. The lowest BCUT2D eigenvalue weighted by molar-refractivity contribution is -0.117. The van der Waals surface area contributed by atoms with Crippen molar-refractivity contribution >= 4 is 35.0 Å². The maximum atomic E-state index is 12.3. The molecular weight excluding hydrogens is 340 g/mol. The molecule has 0 saturated heterocycles. The van der Waals surface area contributed by atoms with E-state index in [0.29, 0.717) is 18.1 Å². The highest BCUT2D eigenvalue weighted by molar-refractivity contribution is 7.99. The van der Waals surface area contributed by atoms with Gasteiger partial charge in [0.05, 0.1) is 12.2 Å². The number of benzene rings is 2. The van der Waals surface area contributed by atoms with E-state index in [4.69, 9.17) is 11.6 Å². The van der Waals surface area contributed by atoms with E-state index in [1.165, 1.54) is 0 Å². The molecule has 0 atom stereocenters. The van der Waals surface area contributed by atoms with Gasteiger partial charge in [-0.05, 0) is 36.9 Å². The molecule has 5 heteroatoms. The van der Waals surface area contributed by atoms with Gasteiger partial charge in [0, 0.05) is 22.2 Å².